The number of rotatable bonds is 5. The highest BCUT2D eigenvalue weighted by Crippen LogP contribution is 2.12. The fourth-order valence-electron chi connectivity index (χ4n) is 2.54. The fourth-order valence-corrected chi connectivity index (χ4v) is 2.54. The second kappa shape index (κ2) is 8.77. The molecule has 0 spiro atoms. The van der Waals surface area contributed by atoms with Crippen LogP contribution in [0.25, 0.3) is 0 Å². The Morgan fingerprint density at radius 1 is 1.29 bits per heavy atom. The van der Waals surface area contributed by atoms with Crippen LogP contribution in [-0.2, 0) is 9.53 Å². The molecule has 0 aromatic heterocycles. The Morgan fingerprint density at radius 3 is 2.54 bits per heavy atom. The maximum absolute atomic E-state index is 12.0. The molecule has 1 saturated heterocycles. The summed E-state index contributed by atoms with van der Waals surface area (Å²) in [5.41, 5.74) is 1.37. The zero-order valence-electron chi connectivity index (χ0n) is 13.7. The van der Waals surface area contributed by atoms with Gasteiger partial charge in [0.1, 0.15) is 0 Å². The average molecular weight is 330 g/mol. The minimum Gasteiger partial charge on any atom is -0.450 e. The Morgan fingerprint density at radius 2 is 1.96 bits per heavy atom. The van der Waals surface area contributed by atoms with Gasteiger partial charge in [-0.3, -0.25) is 4.79 Å². The van der Waals surface area contributed by atoms with Crippen molar-refractivity contribution in [1.29, 1.82) is 5.26 Å². The summed E-state index contributed by atoms with van der Waals surface area (Å²) in [6.45, 7) is 3.51. The Hall–Kier alpha value is -2.75. The number of likely N-dealkylation sites (tertiary alicyclic amines) is 1. The number of amides is 2. The first kappa shape index (κ1) is 17.6. The van der Waals surface area contributed by atoms with Crippen molar-refractivity contribution in [1.82, 2.24) is 10.2 Å². The van der Waals surface area contributed by atoms with Crippen molar-refractivity contribution < 1.29 is 14.3 Å². The van der Waals surface area contributed by atoms with E-state index in [1.165, 1.54) is 0 Å². The van der Waals surface area contributed by atoms with Gasteiger partial charge in [-0.05, 0) is 44.0 Å². The fraction of sp³-hybridized carbons (Fsp3) is 0.471. The summed E-state index contributed by atoms with van der Waals surface area (Å²) in [6, 6.07) is 9.06. The van der Waals surface area contributed by atoms with Crippen LogP contribution in [0, 0.1) is 11.3 Å². The van der Waals surface area contributed by atoms with Crippen LogP contribution < -0.4 is 10.6 Å². The van der Waals surface area contributed by atoms with Crippen molar-refractivity contribution in [3.05, 3.63) is 29.8 Å². The van der Waals surface area contributed by atoms with E-state index in [1.54, 1.807) is 36.1 Å². The monoisotopic (exact) mass is 330 g/mol. The molecule has 0 bridgehead atoms. The van der Waals surface area contributed by atoms with Crippen LogP contribution >= 0.6 is 0 Å². The first-order valence-electron chi connectivity index (χ1n) is 8.07. The van der Waals surface area contributed by atoms with Gasteiger partial charge in [0.25, 0.3) is 0 Å². The molecule has 0 aliphatic carbocycles. The average Bonchev–Trinajstić information content (AvgIpc) is 2.61. The number of nitriles is 1. The predicted octanol–water partition coefficient (Wildman–Crippen LogP) is 1.71. The van der Waals surface area contributed by atoms with Gasteiger partial charge in [-0.2, -0.15) is 5.26 Å². The third-order valence-corrected chi connectivity index (χ3v) is 3.85. The first-order valence-corrected chi connectivity index (χ1v) is 8.07. The summed E-state index contributed by atoms with van der Waals surface area (Å²) < 4.78 is 4.97. The van der Waals surface area contributed by atoms with Gasteiger partial charge in [-0.25, -0.2) is 4.79 Å². The lowest BCUT2D eigenvalue weighted by atomic mass is 10.1. The molecule has 7 heteroatoms. The maximum Gasteiger partial charge on any atom is 0.409 e. The summed E-state index contributed by atoms with van der Waals surface area (Å²) in [7, 11) is 0. The standard InChI is InChI=1S/C17H22N4O3/c1-2-24-17(23)21-9-7-15(8-10-21)20-16(22)12-19-14-5-3-13(11-18)4-6-14/h3-6,15,19H,2,7-10,12H2,1H3,(H,20,22). The lowest BCUT2D eigenvalue weighted by Gasteiger charge is -2.31. The Balaban J connectivity index is 1.69. The van der Waals surface area contributed by atoms with E-state index >= 15 is 0 Å². The normalized spacial score (nSPS) is 14.6. The molecule has 24 heavy (non-hydrogen) atoms. The Bertz CT molecular complexity index is 601. The van der Waals surface area contributed by atoms with E-state index in [1.807, 2.05) is 6.07 Å². The van der Waals surface area contributed by atoms with Crippen LogP contribution in [-0.4, -0.2) is 49.2 Å². The van der Waals surface area contributed by atoms with Gasteiger partial charge in [0.2, 0.25) is 5.91 Å². The number of ether oxygens (including phenoxy) is 1. The van der Waals surface area contributed by atoms with Crippen LogP contribution in [0.4, 0.5) is 10.5 Å². The highest BCUT2D eigenvalue weighted by molar-refractivity contribution is 5.81. The van der Waals surface area contributed by atoms with E-state index in [0.717, 1.165) is 18.5 Å². The van der Waals surface area contributed by atoms with Gasteiger partial charge in [0.15, 0.2) is 0 Å². The summed E-state index contributed by atoms with van der Waals surface area (Å²) in [4.78, 5) is 25.3. The summed E-state index contributed by atoms with van der Waals surface area (Å²) in [6.07, 6.45) is 1.16. The molecule has 1 aromatic rings. The van der Waals surface area contributed by atoms with Crippen molar-refractivity contribution in [2.24, 2.45) is 0 Å². The van der Waals surface area contributed by atoms with Crippen molar-refractivity contribution in [2.45, 2.75) is 25.8 Å². The molecular weight excluding hydrogens is 308 g/mol. The highest BCUT2D eigenvalue weighted by atomic mass is 16.6. The zero-order chi connectivity index (χ0) is 17.4. The van der Waals surface area contributed by atoms with Gasteiger partial charge in [-0.1, -0.05) is 0 Å². The van der Waals surface area contributed by atoms with Crippen molar-refractivity contribution in [3.63, 3.8) is 0 Å². The number of nitrogens with zero attached hydrogens (tertiary/aromatic N) is 2. The molecule has 0 unspecified atom stereocenters. The quantitative estimate of drug-likeness (QED) is 0.857. The number of anilines is 1. The van der Waals surface area contributed by atoms with E-state index in [2.05, 4.69) is 10.6 Å². The van der Waals surface area contributed by atoms with Gasteiger partial charge < -0.3 is 20.3 Å². The van der Waals surface area contributed by atoms with E-state index in [-0.39, 0.29) is 24.6 Å². The predicted molar refractivity (Wildman–Crippen MR) is 89.4 cm³/mol. The molecule has 0 saturated carbocycles. The molecule has 1 aliphatic heterocycles. The topological polar surface area (TPSA) is 94.5 Å². The van der Waals surface area contributed by atoms with Gasteiger partial charge in [-0.15, -0.1) is 0 Å². The van der Waals surface area contributed by atoms with Crippen LogP contribution in [0.1, 0.15) is 25.3 Å². The Labute approximate surface area is 141 Å². The molecule has 1 aromatic carbocycles. The summed E-state index contributed by atoms with van der Waals surface area (Å²) in [5, 5.41) is 14.7. The summed E-state index contributed by atoms with van der Waals surface area (Å²) in [5.74, 6) is -0.0889. The second-order valence-corrected chi connectivity index (χ2v) is 5.57. The lowest BCUT2D eigenvalue weighted by molar-refractivity contribution is -0.120. The number of carbonyl (C=O) groups is 2. The number of hydrogen-bond acceptors (Lipinski definition) is 5. The number of nitrogens with one attached hydrogen (secondary N) is 2. The lowest BCUT2D eigenvalue weighted by Crippen LogP contribution is -2.47. The zero-order valence-corrected chi connectivity index (χ0v) is 13.7. The molecule has 2 N–H and O–H groups in total. The summed E-state index contributed by atoms with van der Waals surface area (Å²) >= 11 is 0. The second-order valence-electron chi connectivity index (χ2n) is 5.57. The number of carbonyl (C=O) groups excluding carboxylic acids is 2. The van der Waals surface area contributed by atoms with E-state index in [9.17, 15) is 9.59 Å². The number of piperidine rings is 1. The molecule has 0 atom stereocenters. The van der Waals surface area contributed by atoms with Gasteiger partial charge in [0.05, 0.1) is 24.8 Å². The molecule has 1 fully saturated rings. The van der Waals surface area contributed by atoms with E-state index < -0.39 is 0 Å². The number of hydrogen-bond donors (Lipinski definition) is 2. The van der Waals surface area contributed by atoms with E-state index in [4.69, 9.17) is 10.00 Å². The van der Waals surface area contributed by atoms with Crippen LogP contribution in [0.3, 0.4) is 0 Å². The van der Waals surface area contributed by atoms with Crippen molar-refractivity contribution in [3.8, 4) is 6.07 Å². The molecular formula is C17H22N4O3. The third-order valence-electron chi connectivity index (χ3n) is 3.85. The highest BCUT2D eigenvalue weighted by Gasteiger charge is 2.24. The SMILES string of the molecule is CCOC(=O)N1CCC(NC(=O)CNc2ccc(C#N)cc2)CC1. The first-order chi connectivity index (χ1) is 11.6. The molecule has 7 nitrogen and oxygen atoms in total. The molecule has 1 heterocycles. The minimum absolute atomic E-state index is 0.0749. The van der Waals surface area contributed by atoms with Crippen LogP contribution in [0.2, 0.25) is 0 Å². The largest absolute Gasteiger partial charge is 0.450 e. The third kappa shape index (κ3) is 5.16. The van der Waals surface area contributed by atoms with Crippen LogP contribution in [0.5, 0.6) is 0 Å². The molecule has 128 valence electrons. The van der Waals surface area contributed by atoms with E-state index in [0.29, 0.717) is 25.3 Å². The molecule has 0 radical (unpaired) electrons. The minimum atomic E-state index is -0.287. The maximum atomic E-state index is 12.0. The van der Waals surface area contributed by atoms with Crippen LogP contribution in [0.15, 0.2) is 24.3 Å². The molecule has 1 aliphatic rings. The van der Waals surface area contributed by atoms with Crippen molar-refractivity contribution >= 4 is 17.7 Å². The van der Waals surface area contributed by atoms with Gasteiger partial charge in [0, 0.05) is 24.8 Å². The smallest absolute Gasteiger partial charge is 0.409 e. The van der Waals surface area contributed by atoms with Gasteiger partial charge >= 0.3 is 6.09 Å². The molecule has 2 amide bonds. The Kier molecular flexibility index (Phi) is 6.43. The number of benzene rings is 1. The van der Waals surface area contributed by atoms with Crippen molar-refractivity contribution in [2.75, 3.05) is 31.6 Å². The molecule has 2 rings (SSSR count).